The van der Waals surface area contributed by atoms with Crippen molar-refractivity contribution in [1.29, 1.82) is 0 Å². The Morgan fingerprint density at radius 2 is 1.84 bits per heavy atom. The summed E-state index contributed by atoms with van der Waals surface area (Å²) < 4.78 is 35.4. The van der Waals surface area contributed by atoms with Gasteiger partial charge in [-0.3, -0.25) is 10.1 Å². The molecule has 9 heteroatoms. The molecular formula is C23H29N3O4S2. The van der Waals surface area contributed by atoms with E-state index in [1.165, 1.54) is 38.4 Å². The molecule has 3 aliphatic carbocycles. The lowest BCUT2D eigenvalue weighted by atomic mass is 9.73. The smallest absolute Gasteiger partial charge is 0.259 e. The molecule has 2 atom stereocenters. The quantitative estimate of drug-likeness (QED) is 0.625. The Bertz CT molecular complexity index is 1040. The fraction of sp³-hybridized carbons (Fsp3) is 0.609. The largest absolute Gasteiger partial charge is 0.360 e. The molecule has 1 N–H and O–H groups in total. The molecule has 0 aliphatic heterocycles. The van der Waals surface area contributed by atoms with Crippen LogP contribution in [0.4, 0.5) is 5.13 Å². The first kappa shape index (κ1) is 22.0. The summed E-state index contributed by atoms with van der Waals surface area (Å²) >= 11 is 1.11. The molecule has 32 heavy (non-hydrogen) atoms. The number of carbonyl (C=O) groups is 1. The zero-order chi connectivity index (χ0) is 22.2. The number of nitrogens with one attached hydrogen (secondary N) is 1. The van der Waals surface area contributed by atoms with Gasteiger partial charge >= 0.3 is 0 Å². The molecule has 2 aromatic rings. The predicted octanol–water partition coefficient (Wildman–Crippen LogP) is 4.67. The second-order valence-corrected chi connectivity index (χ2v) is 12.5. The molecule has 1 aromatic heterocycles. The number of carbonyl (C=O) groups excluding carboxylic acids is 1. The summed E-state index contributed by atoms with van der Waals surface area (Å²) in [4.78, 5) is 17.5. The van der Waals surface area contributed by atoms with Crippen molar-refractivity contribution in [2.24, 2.45) is 5.41 Å². The highest BCUT2D eigenvalue weighted by Crippen LogP contribution is 2.50. The molecule has 3 aliphatic rings. The summed E-state index contributed by atoms with van der Waals surface area (Å²) in [5.74, 6) is -0.302. The van der Waals surface area contributed by atoms with Crippen LogP contribution in [-0.2, 0) is 19.4 Å². The normalized spacial score (nSPS) is 23.8. The molecule has 0 saturated heterocycles. The van der Waals surface area contributed by atoms with Crippen LogP contribution in [0.3, 0.4) is 0 Å². The average Bonchev–Trinajstić information content (AvgIpc) is 3.43. The zero-order valence-corrected chi connectivity index (χ0v) is 19.7. The van der Waals surface area contributed by atoms with Gasteiger partial charge in [-0.05, 0) is 68.1 Å². The van der Waals surface area contributed by atoms with Gasteiger partial charge in [0.15, 0.2) is 15.9 Å². The number of aromatic nitrogens is 2. The van der Waals surface area contributed by atoms with Crippen LogP contribution < -0.4 is 5.32 Å². The predicted molar refractivity (Wildman–Crippen MR) is 122 cm³/mol. The Hall–Kier alpha value is -1.84. The number of nitrogens with zero attached hydrogens (tertiary/aromatic N) is 2. The number of ether oxygens (including phenoxy) is 1. The molecule has 3 fully saturated rings. The number of hydrogen-bond donors (Lipinski definition) is 1. The van der Waals surface area contributed by atoms with Crippen molar-refractivity contribution in [3.05, 3.63) is 36.2 Å². The Morgan fingerprint density at radius 1 is 1.09 bits per heavy atom. The molecule has 172 valence electrons. The zero-order valence-electron chi connectivity index (χ0n) is 18.0. The Balaban J connectivity index is 1.35. The van der Waals surface area contributed by atoms with Gasteiger partial charge in [-0.15, -0.1) is 0 Å². The summed E-state index contributed by atoms with van der Waals surface area (Å²) in [6.45, 7) is 0. The number of benzene rings is 1. The monoisotopic (exact) mass is 475 g/mol. The number of anilines is 1. The van der Waals surface area contributed by atoms with Crippen molar-refractivity contribution in [3.63, 3.8) is 0 Å². The highest BCUT2D eigenvalue weighted by molar-refractivity contribution is 7.92. The van der Waals surface area contributed by atoms with Gasteiger partial charge in [-0.1, -0.05) is 31.4 Å². The van der Waals surface area contributed by atoms with Crippen molar-refractivity contribution in [2.45, 2.75) is 86.6 Å². The van der Waals surface area contributed by atoms with E-state index in [4.69, 9.17) is 4.74 Å². The molecule has 5 rings (SSSR count). The molecule has 2 unspecified atom stereocenters. The fourth-order valence-corrected chi connectivity index (χ4v) is 7.40. The van der Waals surface area contributed by atoms with Gasteiger partial charge in [0, 0.05) is 11.5 Å². The minimum Gasteiger partial charge on any atom is -0.360 e. The van der Waals surface area contributed by atoms with Crippen LogP contribution in [-0.4, -0.2) is 35.0 Å². The number of amides is 1. The summed E-state index contributed by atoms with van der Waals surface area (Å²) in [5.41, 5.74) is 1.03. The molecule has 3 saturated carbocycles. The van der Waals surface area contributed by atoms with E-state index in [2.05, 4.69) is 14.7 Å². The first-order chi connectivity index (χ1) is 15.5. The van der Waals surface area contributed by atoms with E-state index in [0.717, 1.165) is 43.6 Å². The van der Waals surface area contributed by atoms with Gasteiger partial charge in [0.05, 0.1) is 16.2 Å². The van der Waals surface area contributed by atoms with Crippen molar-refractivity contribution in [1.82, 2.24) is 9.36 Å². The maximum absolute atomic E-state index is 13.2. The minimum atomic E-state index is -3.27. The lowest BCUT2D eigenvalue weighted by Gasteiger charge is -2.33. The van der Waals surface area contributed by atoms with Gasteiger partial charge in [-0.25, -0.2) is 13.4 Å². The van der Waals surface area contributed by atoms with Gasteiger partial charge in [0.25, 0.3) is 5.91 Å². The minimum absolute atomic E-state index is 0.0214. The molecule has 0 bridgehead atoms. The van der Waals surface area contributed by atoms with Crippen LogP contribution in [0.2, 0.25) is 0 Å². The Kier molecular flexibility index (Phi) is 6.07. The molecule has 1 amide bonds. The lowest BCUT2D eigenvalue weighted by Crippen LogP contribution is -2.28. The third-order valence-electron chi connectivity index (χ3n) is 7.20. The Morgan fingerprint density at radius 3 is 2.50 bits per heavy atom. The van der Waals surface area contributed by atoms with Crippen molar-refractivity contribution < 1.29 is 17.9 Å². The lowest BCUT2D eigenvalue weighted by molar-refractivity contribution is -0.132. The Labute approximate surface area is 193 Å². The van der Waals surface area contributed by atoms with Crippen molar-refractivity contribution in [2.75, 3.05) is 5.32 Å². The van der Waals surface area contributed by atoms with E-state index < -0.39 is 15.9 Å². The second kappa shape index (κ2) is 8.83. The summed E-state index contributed by atoms with van der Waals surface area (Å²) in [6.07, 6.45) is 11.5. The maximum Gasteiger partial charge on any atom is 0.259 e. The topological polar surface area (TPSA) is 98.2 Å². The van der Waals surface area contributed by atoms with E-state index >= 15 is 0 Å². The third-order valence-corrected chi connectivity index (χ3v) is 10.1. The highest BCUT2D eigenvalue weighted by atomic mass is 32.2. The van der Waals surface area contributed by atoms with Crippen LogP contribution in [0.25, 0.3) is 0 Å². The van der Waals surface area contributed by atoms with Crippen molar-refractivity contribution in [3.8, 4) is 0 Å². The van der Waals surface area contributed by atoms with Gasteiger partial charge < -0.3 is 4.74 Å². The maximum atomic E-state index is 13.2. The first-order valence-corrected chi connectivity index (χ1v) is 13.8. The van der Waals surface area contributed by atoms with E-state index in [-0.39, 0.29) is 17.3 Å². The van der Waals surface area contributed by atoms with Crippen LogP contribution in [0, 0.1) is 5.41 Å². The standard InChI is InChI=1S/C23H29N3O4S2/c27-21(26-22-24-15-25-31-22)20(30-17-10-13-23(14-17)11-2-1-3-12-23)16-4-6-18(7-5-16)32(28,29)19-8-9-19/h4-7,15,17,19-20H,1-3,8-14H2,(H,24,25,26,27). The van der Waals surface area contributed by atoms with E-state index in [1.807, 2.05) is 0 Å². The summed E-state index contributed by atoms with van der Waals surface area (Å²) in [7, 11) is -3.27. The first-order valence-electron chi connectivity index (χ1n) is 11.5. The van der Waals surface area contributed by atoms with Crippen molar-refractivity contribution >= 4 is 32.4 Å². The summed E-state index contributed by atoms with van der Waals surface area (Å²) in [5, 5.41) is 2.97. The van der Waals surface area contributed by atoms with Crippen LogP contribution in [0.1, 0.15) is 75.9 Å². The average molecular weight is 476 g/mol. The molecule has 1 spiro atoms. The van der Waals surface area contributed by atoms with E-state index in [9.17, 15) is 13.2 Å². The molecule has 7 nitrogen and oxygen atoms in total. The number of sulfone groups is 1. The third kappa shape index (κ3) is 4.61. The van der Waals surface area contributed by atoms with Gasteiger partial charge in [-0.2, -0.15) is 4.37 Å². The van der Waals surface area contributed by atoms with Gasteiger partial charge in [0.1, 0.15) is 6.33 Å². The van der Waals surface area contributed by atoms with Gasteiger partial charge in [0.2, 0.25) is 5.13 Å². The van der Waals surface area contributed by atoms with E-state index in [0.29, 0.717) is 21.0 Å². The molecule has 0 radical (unpaired) electrons. The van der Waals surface area contributed by atoms with Crippen LogP contribution >= 0.6 is 11.5 Å². The van der Waals surface area contributed by atoms with E-state index in [1.54, 1.807) is 24.3 Å². The van der Waals surface area contributed by atoms with Crippen LogP contribution in [0.15, 0.2) is 35.5 Å². The molecule has 1 heterocycles. The number of hydrogen-bond acceptors (Lipinski definition) is 7. The highest BCUT2D eigenvalue weighted by Gasteiger charge is 2.42. The fourth-order valence-electron chi connectivity index (χ4n) is 5.31. The number of rotatable bonds is 7. The molecule has 1 aromatic carbocycles. The molecular weight excluding hydrogens is 446 g/mol. The second-order valence-electron chi connectivity index (χ2n) is 9.49. The van der Waals surface area contributed by atoms with Crippen LogP contribution in [0.5, 0.6) is 0 Å². The SMILES string of the molecule is O=C(Nc1ncns1)C(OC1CCC2(CCCCC2)C1)c1ccc(S(=O)(=O)C2CC2)cc1. The summed E-state index contributed by atoms with van der Waals surface area (Å²) in [6, 6.07) is 6.64.